The van der Waals surface area contributed by atoms with Crippen LogP contribution in [0.3, 0.4) is 0 Å². The van der Waals surface area contributed by atoms with E-state index in [1.807, 2.05) is 0 Å². The summed E-state index contributed by atoms with van der Waals surface area (Å²) in [7, 11) is -4.14. The Balaban J connectivity index is 1.60. The topological polar surface area (TPSA) is 108 Å². The monoisotopic (exact) mass is 453 g/mol. The number of hydrogen-bond donors (Lipinski definition) is 2. The summed E-state index contributed by atoms with van der Waals surface area (Å²) in [6, 6.07) is 7.94. The fraction of sp³-hybridized carbons (Fsp3) is 0.316. The molecule has 31 heavy (non-hydrogen) atoms. The molecule has 4 rings (SSSR count). The number of amides is 1. The molecule has 2 aromatic heterocycles. The molecule has 8 nitrogen and oxygen atoms in total. The van der Waals surface area contributed by atoms with E-state index in [1.54, 1.807) is 24.4 Å². The van der Waals surface area contributed by atoms with Gasteiger partial charge >= 0.3 is 6.18 Å². The summed E-state index contributed by atoms with van der Waals surface area (Å²) in [5.74, 6) is -0.792. The zero-order chi connectivity index (χ0) is 22.2. The van der Waals surface area contributed by atoms with E-state index in [2.05, 4.69) is 19.7 Å². The van der Waals surface area contributed by atoms with Crippen LogP contribution in [0.5, 0.6) is 0 Å². The number of hydrogen-bond acceptors (Lipinski definition) is 5. The molecule has 0 spiro atoms. The molecular weight excluding hydrogens is 435 g/mol. The molecule has 1 saturated carbocycles. The van der Waals surface area contributed by atoms with Crippen LogP contribution in [0.1, 0.15) is 19.3 Å². The number of halogens is 3. The van der Waals surface area contributed by atoms with Gasteiger partial charge in [-0.05, 0) is 31.0 Å². The number of carbonyl (C=O) groups is 1. The van der Waals surface area contributed by atoms with Crippen LogP contribution in [0.25, 0.3) is 22.3 Å². The van der Waals surface area contributed by atoms with Gasteiger partial charge in [0.2, 0.25) is 22.4 Å². The summed E-state index contributed by atoms with van der Waals surface area (Å²) in [5.41, 5.74) is 1.86. The third-order valence-electron chi connectivity index (χ3n) is 4.77. The lowest BCUT2D eigenvalue weighted by Crippen LogP contribution is -2.25. The predicted octanol–water partition coefficient (Wildman–Crippen LogP) is 3.44. The Morgan fingerprint density at radius 1 is 1.16 bits per heavy atom. The van der Waals surface area contributed by atoms with Gasteiger partial charge in [-0.3, -0.25) is 14.4 Å². The number of benzene rings is 1. The minimum atomic E-state index is -4.55. The van der Waals surface area contributed by atoms with Crippen molar-refractivity contribution in [2.45, 2.75) is 31.5 Å². The average Bonchev–Trinajstić information content (AvgIpc) is 3.42. The first-order valence-electron chi connectivity index (χ1n) is 9.42. The van der Waals surface area contributed by atoms with Crippen molar-refractivity contribution < 1.29 is 26.4 Å². The van der Waals surface area contributed by atoms with Crippen LogP contribution < -0.4 is 9.62 Å². The van der Waals surface area contributed by atoms with E-state index in [-0.39, 0.29) is 17.7 Å². The highest BCUT2D eigenvalue weighted by Gasteiger charge is 2.32. The minimum Gasteiger partial charge on any atom is -0.346 e. The lowest BCUT2D eigenvalue weighted by molar-refractivity contribution is -0.129. The molecule has 0 aliphatic heterocycles. The summed E-state index contributed by atoms with van der Waals surface area (Å²) < 4.78 is 62.8. The highest BCUT2D eigenvalue weighted by Crippen LogP contribution is 2.33. The van der Waals surface area contributed by atoms with Crippen LogP contribution >= 0.6 is 0 Å². The molecule has 1 fully saturated rings. The Bertz CT molecular complexity index is 1200. The summed E-state index contributed by atoms with van der Waals surface area (Å²) in [6.07, 6.45) is -1.83. The summed E-state index contributed by atoms with van der Waals surface area (Å²) in [6.45, 7) is 0. The van der Waals surface area contributed by atoms with Crippen LogP contribution in [-0.4, -0.2) is 47.8 Å². The summed E-state index contributed by atoms with van der Waals surface area (Å²) >= 11 is 0. The first-order chi connectivity index (χ1) is 14.6. The Morgan fingerprint density at radius 3 is 2.48 bits per heavy atom. The van der Waals surface area contributed by atoms with Gasteiger partial charge in [0.1, 0.15) is 5.65 Å². The second kappa shape index (κ2) is 7.84. The quantitative estimate of drug-likeness (QED) is 0.508. The fourth-order valence-electron chi connectivity index (χ4n) is 3.09. The molecule has 0 bridgehead atoms. The molecule has 0 saturated heterocycles. The molecule has 1 aliphatic carbocycles. The molecule has 164 valence electrons. The molecule has 1 aliphatic rings. The first-order valence-corrected chi connectivity index (χ1v) is 11.1. The lowest BCUT2D eigenvalue weighted by atomic mass is 10.1. The van der Waals surface area contributed by atoms with Crippen molar-refractivity contribution in [3.8, 4) is 11.3 Å². The van der Waals surface area contributed by atoms with Gasteiger partial charge in [-0.2, -0.15) is 18.2 Å². The highest BCUT2D eigenvalue weighted by atomic mass is 32.2. The smallest absolute Gasteiger partial charge is 0.346 e. The van der Waals surface area contributed by atoms with Crippen LogP contribution in [-0.2, 0) is 14.8 Å². The molecule has 0 radical (unpaired) electrons. The maximum Gasteiger partial charge on any atom is 0.390 e. The number of sulfonamides is 1. The first kappa shape index (κ1) is 21.1. The van der Waals surface area contributed by atoms with E-state index in [0.29, 0.717) is 28.7 Å². The zero-order valence-corrected chi connectivity index (χ0v) is 16.9. The van der Waals surface area contributed by atoms with E-state index in [1.165, 1.54) is 17.0 Å². The Kier molecular flexibility index (Phi) is 5.33. The van der Waals surface area contributed by atoms with E-state index in [0.717, 1.165) is 12.8 Å². The van der Waals surface area contributed by atoms with Crippen LogP contribution in [0.4, 0.5) is 24.8 Å². The Hall–Kier alpha value is -3.15. The number of rotatable bonds is 8. The second-order valence-corrected chi connectivity index (χ2v) is 9.06. The van der Waals surface area contributed by atoms with Crippen LogP contribution in [0, 0.1) is 0 Å². The van der Waals surface area contributed by atoms with Crippen LogP contribution in [0.2, 0.25) is 0 Å². The maximum absolute atomic E-state index is 12.3. The second-order valence-electron chi connectivity index (χ2n) is 7.22. The van der Waals surface area contributed by atoms with Crippen molar-refractivity contribution in [2.75, 3.05) is 15.4 Å². The number of aromatic nitrogens is 3. The van der Waals surface area contributed by atoms with Gasteiger partial charge in [-0.15, -0.1) is 0 Å². The number of nitrogens with zero attached hydrogens (tertiary/aromatic N) is 3. The van der Waals surface area contributed by atoms with E-state index in [4.69, 9.17) is 0 Å². The molecule has 0 atom stereocenters. The molecule has 2 heterocycles. The molecule has 0 unspecified atom stereocenters. The molecule has 2 N–H and O–H groups in total. The number of nitrogens with one attached hydrogen (secondary N) is 2. The average molecular weight is 453 g/mol. The molecule has 1 amide bonds. The molecule has 12 heteroatoms. The number of aromatic amines is 1. The van der Waals surface area contributed by atoms with Gasteiger partial charge in [-0.25, -0.2) is 13.4 Å². The third-order valence-corrected chi connectivity index (χ3v) is 6.06. The van der Waals surface area contributed by atoms with E-state index in [9.17, 15) is 26.4 Å². The number of fused-ring (bicyclic) bond motifs is 1. The maximum atomic E-state index is 12.3. The summed E-state index contributed by atoms with van der Waals surface area (Å²) in [5, 5.41) is 0.712. The number of H-pyrrole nitrogens is 1. The number of alkyl halides is 3. The third kappa shape index (κ3) is 4.95. The summed E-state index contributed by atoms with van der Waals surface area (Å²) in [4.78, 5) is 24.9. The van der Waals surface area contributed by atoms with Crippen molar-refractivity contribution in [2.24, 2.45) is 0 Å². The molecule has 3 aromatic rings. The minimum absolute atomic E-state index is 0.0752. The SMILES string of the molecule is O=CN(c1nc(-c2ccc(NS(=O)(=O)CCC(F)(F)F)cc2)c2cc[nH]c2n1)C1CC1. The van der Waals surface area contributed by atoms with Crippen molar-refractivity contribution in [3.63, 3.8) is 0 Å². The van der Waals surface area contributed by atoms with Crippen molar-refractivity contribution in [1.82, 2.24) is 15.0 Å². The van der Waals surface area contributed by atoms with E-state index >= 15 is 0 Å². The molecule has 1 aromatic carbocycles. The zero-order valence-electron chi connectivity index (χ0n) is 16.1. The Morgan fingerprint density at radius 2 is 1.87 bits per heavy atom. The van der Waals surface area contributed by atoms with Crippen molar-refractivity contribution in [1.29, 1.82) is 0 Å². The van der Waals surface area contributed by atoms with Gasteiger partial charge in [0.05, 0.1) is 17.9 Å². The largest absolute Gasteiger partial charge is 0.390 e. The van der Waals surface area contributed by atoms with Crippen molar-refractivity contribution >= 4 is 39.1 Å². The Labute approximate surface area is 175 Å². The van der Waals surface area contributed by atoms with Gasteiger partial charge in [0.25, 0.3) is 0 Å². The lowest BCUT2D eigenvalue weighted by Gasteiger charge is -2.16. The standard InChI is InChI=1S/C19H18F3N5O3S/c20-19(21,22)8-10-31(29,30)26-13-3-1-12(2-4-13)16-15-7-9-23-17(15)25-18(24-16)27(11-28)14-5-6-14/h1-4,7,9,11,14,26H,5-6,8,10H2,(H,23,24,25). The normalized spacial score (nSPS) is 14.5. The predicted molar refractivity (Wildman–Crippen MR) is 109 cm³/mol. The fourth-order valence-corrected chi connectivity index (χ4v) is 4.19. The number of anilines is 2. The van der Waals surface area contributed by atoms with Crippen LogP contribution in [0.15, 0.2) is 36.5 Å². The van der Waals surface area contributed by atoms with E-state index < -0.39 is 28.4 Å². The van der Waals surface area contributed by atoms with Gasteiger partial charge < -0.3 is 4.98 Å². The van der Waals surface area contributed by atoms with Gasteiger partial charge in [-0.1, -0.05) is 12.1 Å². The van der Waals surface area contributed by atoms with Crippen molar-refractivity contribution in [3.05, 3.63) is 36.5 Å². The number of carbonyl (C=O) groups excluding carboxylic acids is 1. The molecular formula is C19H18F3N5O3S. The highest BCUT2D eigenvalue weighted by molar-refractivity contribution is 7.92. The van der Waals surface area contributed by atoms with Gasteiger partial charge in [0.15, 0.2) is 0 Å². The van der Waals surface area contributed by atoms with Gasteiger partial charge in [0, 0.05) is 28.9 Å².